The highest BCUT2D eigenvalue weighted by Crippen LogP contribution is 2.04. The molecule has 0 bridgehead atoms. The van der Waals surface area contributed by atoms with Crippen molar-refractivity contribution in [1.82, 2.24) is 9.03 Å². The molecule has 0 aromatic heterocycles. The van der Waals surface area contributed by atoms with Gasteiger partial charge in [0.15, 0.2) is 0 Å². The highest BCUT2D eigenvalue weighted by Gasteiger charge is 2.19. The van der Waals surface area contributed by atoms with E-state index < -0.39 is 10.2 Å². The third-order valence-electron chi connectivity index (χ3n) is 2.54. The molecule has 0 radical (unpaired) electrons. The minimum absolute atomic E-state index is 0. The van der Waals surface area contributed by atoms with Crippen molar-refractivity contribution in [2.45, 2.75) is 13.3 Å². The molecule has 1 aromatic rings. The first-order valence-electron chi connectivity index (χ1n) is 6.09. The molecule has 0 aliphatic rings. The van der Waals surface area contributed by atoms with Gasteiger partial charge in [-0.2, -0.15) is 12.7 Å². The Balaban J connectivity index is 0.00000324. The third-order valence-corrected chi connectivity index (χ3v) is 4.24. The summed E-state index contributed by atoms with van der Waals surface area (Å²) in [4.78, 5) is 0. The zero-order chi connectivity index (χ0) is 13.4. The van der Waals surface area contributed by atoms with Crippen LogP contribution in [0.1, 0.15) is 12.5 Å². The van der Waals surface area contributed by atoms with Crippen LogP contribution in [0.3, 0.4) is 0 Å². The standard InChI is InChI=1S/C12H21N3O2S.ClH/c1-2-14-18(16,17)15(11-9-13)10-8-12-6-4-3-5-7-12;/h3-7,14H,2,8-11,13H2,1H3;1H. The molecule has 110 valence electrons. The lowest BCUT2D eigenvalue weighted by molar-refractivity contribution is 0.414. The van der Waals surface area contributed by atoms with Crippen LogP contribution in [0, 0.1) is 0 Å². The van der Waals surface area contributed by atoms with Crippen LogP contribution in [-0.2, 0) is 16.6 Å². The van der Waals surface area contributed by atoms with Gasteiger partial charge in [-0.15, -0.1) is 12.4 Å². The van der Waals surface area contributed by atoms with E-state index in [1.165, 1.54) is 4.31 Å². The molecule has 0 aliphatic carbocycles. The molecule has 0 aliphatic heterocycles. The number of nitrogens with one attached hydrogen (secondary N) is 1. The molecule has 0 atom stereocenters. The fourth-order valence-corrected chi connectivity index (χ4v) is 2.89. The first kappa shape index (κ1) is 18.3. The van der Waals surface area contributed by atoms with Gasteiger partial charge in [-0.05, 0) is 12.0 Å². The van der Waals surface area contributed by atoms with Crippen LogP contribution >= 0.6 is 12.4 Å². The van der Waals surface area contributed by atoms with E-state index in [0.717, 1.165) is 5.56 Å². The quantitative estimate of drug-likeness (QED) is 0.745. The SMILES string of the molecule is CCNS(=O)(=O)N(CCN)CCc1ccccc1.Cl. The van der Waals surface area contributed by atoms with Crippen molar-refractivity contribution >= 4 is 22.6 Å². The smallest absolute Gasteiger partial charge is 0.279 e. The van der Waals surface area contributed by atoms with Gasteiger partial charge in [-0.1, -0.05) is 37.3 Å². The molecule has 7 heteroatoms. The number of rotatable bonds is 8. The van der Waals surface area contributed by atoms with Crippen LogP contribution in [0.5, 0.6) is 0 Å². The highest BCUT2D eigenvalue weighted by molar-refractivity contribution is 7.87. The van der Waals surface area contributed by atoms with Crippen LogP contribution in [-0.4, -0.2) is 38.9 Å². The molecule has 3 N–H and O–H groups in total. The van der Waals surface area contributed by atoms with Crippen molar-refractivity contribution in [1.29, 1.82) is 0 Å². The summed E-state index contributed by atoms with van der Waals surface area (Å²) in [6, 6.07) is 9.81. The van der Waals surface area contributed by atoms with Gasteiger partial charge in [-0.3, -0.25) is 0 Å². The number of benzene rings is 1. The summed E-state index contributed by atoms with van der Waals surface area (Å²) in [7, 11) is -3.40. The predicted octanol–water partition coefficient (Wildman–Crippen LogP) is 0.766. The molecule has 0 fully saturated rings. The number of hydrogen-bond donors (Lipinski definition) is 2. The monoisotopic (exact) mass is 307 g/mol. The van der Waals surface area contributed by atoms with E-state index in [9.17, 15) is 8.42 Å². The van der Waals surface area contributed by atoms with Crippen molar-refractivity contribution in [2.75, 3.05) is 26.2 Å². The summed E-state index contributed by atoms with van der Waals surface area (Å²) in [5, 5.41) is 0. The van der Waals surface area contributed by atoms with Crippen LogP contribution in [0.15, 0.2) is 30.3 Å². The van der Waals surface area contributed by atoms with E-state index in [1.807, 2.05) is 30.3 Å². The van der Waals surface area contributed by atoms with Crippen molar-refractivity contribution in [3.63, 3.8) is 0 Å². The van der Waals surface area contributed by atoms with Gasteiger partial charge in [-0.25, -0.2) is 4.72 Å². The Morgan fingerprint density at radius 2 is 1.84 bits per heavy atom. The minimum Gasteiger partial charge on any atom is -0.329 e. The van der Waals surface area contributed by atoms with E-state index >= 15 is 0 Å². The van der Waals surface area contributed by atoms with Crippen molar-refractivity contribution < 1.29 is 8.42 Å². The molecule has 0 spiro atoms. The minimum atomic E-state index is -3.40. The van der Waals surface area contributed by atoms with Gasteiger partial charge in [0.2, 0.25) is 0 Å². The maximum absolute atomic E-state index is 11.9. The van der Waals surface area contributed by atoms with E-state index in [0.29, 0.717) is 32.6 Å². The molecule has 5 nitrogen and oxygen atoms in total. The zero-order valence-corrected chi connectivity index (χ0v) is 12.7. The lowest BCUT2D eigenvalue weighted by Crippen LogP contribution is -2.44. The molecule has 0 heterocycles. The number of nitrogens with zero attached hydrogens (tertiary/aromatic N) is 1. The van der Waals surface area contributed by atoms with Gasteiger partial charge < -0.3 is 5.73 Å². The summed E-state index contributed by atoms with van der Waals surface area (Å²) in [5.74, 6) is 0. The maximum Gasteiger partial charge on any atom is 0.279 e. The second-order valence-corrected chi connectivity index (χ2v) is 5.68. The highest BCUT2D eigenvalue weighted by atomic mass is 35.5. The summed E-state index contributed by atoms with van der Waals surface area (Å²) < 4.78 is 27.7. The molecular formula is C12H22ClN3O2S. The first-order valence-corrected chi connectivity index (χ1v) is 7.53. The first-order chi connectivity index (χ1) is 8.60. The Morgan fingerprint density at radius 3 is 2.37 bits per heavy atom. The average Bonchev–Trinajstić information content (AvgIpc) is 2.35. The molecular weight excluding hydrogens is 286 g/mol. The topological polar surface area (TPSA) is 75.4 Å². The van der Waals surface area contributed by atoms with Crippen molar-refractivity contribution in [3.8, 4) is 0 Å². The zero-order valence-electron chi connectivity index (χ0n) is 11.1. The summed E-state index contributed by atoms with van der Waals surface area (Å²) >= 11 is 0. The molecule has 0 unspecified atom stereocenters. The van der Waals surface area contributed by atoms with Gasteiger partial charge in [0, 0.05) is 26.2 Å². The summed E-state index contributed by atoms with van der Waals surface area (Å²) in [6.07, 6.45) is 0.686. The van der Waals surface area contributed by atoms with Crippen LogP contribution in [0.2, 0.25) is 0 Å². The third kappa shape index (κ3) is 6.35. The summed E-state index contributed by atoms with van der Waals surface area (Å²) in [6.45, 7) is 3.24. The lowest BCUT2D eigenvalue weighted by Gasteiger charge is -2.21. The second-order valence-electron chi connectivity index (χ2n) is 3.93. The van der Waals surface area contributed by atoms with Crippen LogP contribution in [0.25, 0.3) is 0 Å². The van der Waals surface area contributed by atoms with Gasteiger partial charge >= 0.3 is 0 Å². The molecule has 0 saturated heterocycles. The molecule has 0 saturated carbocycles. The van der Waals surface area contributed by atoms with Gasteiger partial charge in [0.25, 0.3) is 10.2 Å². The maximum atomic E-state index is 11.9. The Morgan fingerprint density at radius 1 is 1.21 bits per heavy atom. The number of halogens is 1. The Bertz CT molecular complexity index is 440. The number of nitrogens with two attached hydrogens (primary N) is 1. The average molecular weight is 308 g/mol. The van der Waals surface area contributed by atoms with Crippen LogP contribution < -0.4 is 10.5 Å². The van der Waals surface area contributed by atoms with E-state index in [4.69, 9.17) is 5.73 Å². The fourth-order valence-electron chi connectivity index (χ4n) is 1.67. The Hall–Kier alpha value is -0.660. The number of hydrogen-bond acceptors (Lipinski definition) is 3. The van der Waals surface area contributed by atoms with Crippen molar-refractivity contribution in [2.24, 2.45) is 5.73 Å². The molecule has 1 aromatic carbocycles. The summed E-state index contributed by atoms with van der Waals surface area (Å²) in [5.41, 5.74) is 6.57. The normalized spacial score (nSPS) is 11.3. The Kier molecular flexibility index (Phi) is 8.95. The second kappa shape index (κ2) is 9.28. The fraction of sp³-hybridized carbons (Fsp3) is 0.500. The van der Waals surface area contributed by atoms with E-state index in [2.05, 4.69) is 4.72 Å². The van der Waals surface area contributed by atoms with Crippen LogP contribution in [0.4, 0.5) is 0 Å². The van der Waals surface area contributed by atoms with E-state index in [-0.39, 0.29) is 12.4 Å². The van der Waals surface area contributed by atoms with Crippen molar-refractivity contribution in [3.05, 3.63) is 35.9 Å². The predicted molar refractivity (Wildman–Crippen MR) is 80.6 cm³/mol. The molecule has 19 heavy (non-hydrogen) atoms. The van der Waals surface area contributed by atoms with E-state index in [1.54, 1.807) is 6.92 Å². The largest absolute Gasteiger partial charge is 0.329 e. The van der Waals surface area contributed by atoms with Gasteiger partial charge in [0.05, 0.1) is 0 Å². The lowest BCUT2D eigenvalue weighted by atomic mass is 10.1. The Labute approximate surface area is 121 Å². The molecule has 1 rings (SSSR count). The molecule has 0 amide bonds. The van der Waals surface area contributed by atoms with Gasteiger partial charge in [0.1, 0.15) is 0 Å².